The van der Waals surface area contributed by atoms with Crippen molar-refractivity contribution in [2.75, 3.05) is 18.5 Å². The molecule has 3 rings (SSSR count). The lowest BCUT2D eigenvalue weighted by molar-refractivity contribution is 0.171. The van der Waals surface area contributed by atoms with E-state index in [1.807, 2.05) is 24.5 Å². The number of ether oxygens (including phenoxy) is 2. The molecule has 1 aromatic carbocycles. The average molecular weight is 338 g/mol. The molecule has 0 atom stereocenters. The number of benzene rings is 1. The number of nitrogens with zero attached hydrogens (tertiary/aromatic N) is 2. The highest BCUT2D eigenvalue weighted by molar-refractivity contribution is 9.10. The van der Waals surface area contributed by atoms with Crippen LogP contribution in [0.15, 0.2) is 29.0 Å². The first-order valence-electron chi connectivity index (χ1n) is 6.61. The fourth-order valence-electron chi connectivity index (χ4n) is 2.17. The Kier molecular flexibility index (Phi) is 3.82. The van der Waals surface area contributed by atoms with Crippen molar-refractivity contribution in [2.45, 2.75) is 20.0 Å². The smallest absolute Gasteiger partial charge is 0.163 e. The van der Waals surface area contributed by atoms with Crippen molar-refractivity contribution in [3.05, 3.63) is 34.8 Å². The number of fused-ring (bicyclic) bond motifs is 1. The second kappa shape index (κ2) is 5.75. The van der Waals surface area contributed by atoms with Gasteiger partial charge in [-0.3, -0.25) is 0 Å². The van der Waals surface area contributed by atoms with Crippen LogP contribution < -0.4 is 14.8 Å². The summed E-state index contributed by atoms with van der Waals surface area (Å²) >= 11 is 3.55. The largest absolute Gasteiger partial charge is 0.486 e. The van der Waals surface area contributed by atoms with Gasteiger partial charge in [-0.05, 0) is 22.9 Å². The predicted octanol–water partition coefficient (Wildman–Crippen LogP) is 3.05. The van der Waals surface area contributed by atoms with E-state index in [0.717, 1.165) is 34.0 Å². The minimum atomic E-state index is 0.592. The Hall–Kier alpha value is -1.69. The van der Waals surface area contributed by atoms with Crippen molar-refractivity contribution in [3.8, 4) is 11.5 Å². The molecule has 0 bridgehead atoms. The second-order valence-electron chi connectivity index (χ2n) is 4.46. The Morgan fingerprint density at radius 3 is 2.80 bits per heavy atom. The maximum absolute atomic E-state index is 5.59. The lowest BCUT2D eigenvalue weighted by Crippen LogP contribution is -2.16. The Morgan fingerprint density at radius 2 is 2.05 bits per heavy atom. The molecule has 6 heteroatoms. The van der Waals surface area contributed by atoms with E-state index in [-0.39, 0.29) is 0 Å². The van der Waals surface area contributed by atoms with Gasteiger partial charge >= 0.3 is 0 Å². The van der Waals surface area contributed by atoms with Gasteiger partial charge in [0.05, 0.1) is 12.2 Å². The first-order valence-corrected chi connectivity index (χ1v) is 7.40. The van der Waals surface area contributed by atoms with E-state index in [0.29, 0.717) is 19.8 Å². The van der Waals surface area contributed by atoms with Crippen LogP contribution in [0.5, 0.6) is 11.5 Å². The van der Waals surface area contributed by atoms with Crippen LogP contribution in [0.4, 0.5) is 5.69 Å². The van der Waals surface area contributed by atoms with E-state index in [1.54, 1.807) is 0 Å². The minimum Gasteiger partial charge on any atom is -0.486 e. The van der Waals surface area contributed by atoms with Crippen molar-refractivity contribution < 1.29 is 9.47 Å². The number of halogens is 1. The summed E-state index contributed by atoms with van der Waals surface area (Å²) in [4.78, 5) is 4.35. The van der Waals surface area contributed by atoms with Gasteiger partial charge in [-0.2, -0.15) is 0 Å². The van der Waals surface area contributed by atoms with E-state index >= 15 is 0 Å². The molecular weight excluding hydrogens is 322 g/mol. The molecule has 20 heavy (non-hydrogen) atoms. The monoisotopic (exact) mass is 337 g/mol. The average Bonchev–Trinajstić information content (AvgIpc) is 2.92. The van der Waals surface area contributed by atoms with Crippen LogP contribution in [0, 0.1) is 0 Å². The lowest BCUT2D eigenvalue weighted by atomic mass is 10.2. The molecule has 0 radical (unpaired) electrons. The Balaban J connectivity index is 1.77. The van der Waals surface area contributed by atoms with Gasteiger partial charge in [-0.1, -0.05) is 0 Å². The summed E-state index contributed by atoms with van der Waals surface area (Å²) in [6.45, 7) is 4.87. The number of imidazole rings is 1. The summed E-state index contributed by atoms with van der Waals surface area (Å²) in [7, 11) is 0. The van der Waals surface area contributed by atoms with Crippen molar-refractivity contribution in [2.24, 2.45) is 0 Å². The summed E-state index contributed by atoms with van der Waals surface area (Å²) < 4.78 is 14.2. The molecule has 2 aromatic rings. The normalized spacial score (nSPS) is 13.3. The molecule has 1 N–H and O–H groups in total. The molecule has 1 aromatic heterocycles. The van der Waals surface area contributed by atoms with E-state index in [1.165, 1.54) is 0 Å². The molecule has 1 aliphatic heterocycles. The number of aryl methyl sites for hydroxylation is 1. The molecule has 0 amide bonds. The molecule has 106 valence electrons. The minimum absolute atomic E-state index is 0.592. The Morgan fingerprint density at radius 1 is 1.30 bits per heavy atom. The third-order valence-electron chi connectivity index (χ3n) is 3.21. The molecule has 0 saturated heterocycles. The third-order valence-corrected chi connectivity index (χ3v) is 3.87. The zero-order valence-corrected chi connectivity index (χ0v) is 12.8. The van der Waals surface area contributed by atoms with Crippen molar-refractivity contribution in [1.29, 1.82) is 0 Å². The number of aromatic nitrogens is 2. The Bertz CT molecular complexity index is 612. The standard InChI is InChI=1S/C14H16BrN3O2/c1-2-18-4-3-16-14(18)9-17-11-8-13-12(7-10(11)15)19-5-6-20-13/h3-4,7-8,17H,2,5-6,9H2,1H3. The predicted molar refractivity (Wildman–Crippen MR) is 80.4 cm³/mol. The van der Waals surface area contributed by atoms with E-state index in [9.17, 15) is 0 Å². The lowest BCUT2D eigenvalue weighted by Gasteiger charge is -2.20. The zero-order valence-electron chi connectivity index (χ0n) is 11.2. The van der Waals surface area contributed by atoms with Crippen molar-refractivity contribution in [1.82, 2.24) is 9.55 Å². The molecule has 2 heterocycles. The molecule has 0 saturated carbocycles. The van der Waals surface area contributed by atoms with Crippen LogP contribution in [0.2, 0.25) is 0 Å². The van der Waals surface area contributed by atoms with Crippen LogP contribution in [0.25, 0.3) is 0 Å². The highest BCUT2D eigenvalue weighted by Crippen LogP contribution is 2.38. The van der Waals surface area contributed by atoms with Crippen LogP contribution in [0.1, 0.15) is 12.7 Å². The fourth-order valence-corrected chi connectivity index (χ4v) is 2.63. The van der Waals surface area contributed by atoms with E-state index in [2.05, 4.69) is 37.7 Å². The van der Waals surface area contributed by atoms with Crippen LogP contribution in [0.3, 0.4) is 0 Å². The van der Waals surface area contributed by atoms with Gasteiger partial charge in [-0.15, -0.1) is 0 Å². The van der Waals surface area contributed by atoms with Crippen molar-refractivity contribution in [3.63, 3.8) is 0 Å². The summed E-state index contributed by atoms with van der Waals surface area (Å²) in [6.07, 6.45) is 3.80. The number of hydrogen-bond acceptors (Lipinski definition) is 4. The zero-order chi connectivity index (χ0) is 13.9. The van der Waals surface area contributed by atoms with Crippen LogP contribution in [-0.2, 0) is 13.1 Å². The summed E-state index contributed by atoms with van der Waals surface area (Å²) in [5.74, 6) is 2.57. The number of nitrogens with one attached hydrogen (secondary N) is 1. The third kappa shape index (κ3) is 2.60. The maximum Gasteiger partial charge on any atom is 0.163 e. The molecule has 0 unspecified atom stereocenters. The first-order chi connectivity index (χ1) is 9.78. The van der Waals surface area contributed by atoms with Gasteiger partial charge in [0.2, 0.25) is 0 Å². The van der Waals surface area contributed by atoms with Gasteiger partial charge in [0.25, 0.3) is 0 Å². The highest BCUT2D eigenvalue weighted by Gasteiger charge is 2.15. The van der Waals surface area contributed by atoms with Crippen LogP contribution >= 0.6 is 15.9 Å². The molecule has 1 aliphatic rings. The topological polar surface area (TPSA) is 48.3 Å². The van der Waals surface area contributed by atoms with Crippen LogP contribution in [-0.4, -0.2) is 22.8 Å². The summed E-state index contributed by atoms with van der Waals surface area (Å²) in [5, 5.41) is 3.37. The highest BCUT2D eigenvalue weighted by atomic mass is 79.9. The van der Waals surface area contributed by atoms with Gasteiger partial charge in [0.1, 0.15) is 19.0 Å². The molecule has 5 nitrogen and oxygen atoms in total. The second-order valence-corrected chi connectivity index (χ2v) is 5.31. The summed E-state index contributed by atoms with van der Waals surface area (Å²) in [6, 6.07) is 3.89. The number of hydrogen-bond donors (Lipinski definition) is 1. The van der Waals surface area contributed by atoms with Crippen molar-refractivity contribution >= 4 is 21.6 Å². The quantitative estimate of drug-likeness (QED) is 0.931. The maximum atomic E-state index is 5.59. The molecule has 0 fully saturated rings. The molecule has 0 aliphatic carbocycles. The van der Waals surface area contributed by atoms with Gasteiger partial charge in [0.15, 0.2) is 11.5 Å². The first kappa shape index (κ1) is 13.3. The molecular formula is C14H16BrN3O2. The number of rotatable bonds is 4. The van der Waals surface area contributed by atoms with E-state index < -0.39 is 0 Å². The molecule has 0 spiro atoms. The SMILES string of the molecule is CCn1ccnc1CNc1cc2c(cc1Br)OCCO2. The van der Waals surface area contributed by atoms with Gasteiger partial charge in [0, 0.05) is 35.5 Å². The van der Waals surface area contributed by atoms with Gasteiger partial charge in [-0.25, -0.2) is 4.98 Å². The fraction of sp³-hybridized carbons (Fsp3) is 0.357. The summed E-state index contributed by atoms with van der Waals surface area (Å²) in [5.41, 5.74) is 0.972. The van der Waals surface area contributed by atoms with Gasteiger partial charge < -0.3 is 19.4 Å². The number of anilines is 1. The Labute approximate surface area is 126 Å². The van der Waals surface area contributed by atoms with E-state index in [4.69, 9.17) is 9.47 Å².